The summed E-state index contributed by atoms with van der Waals surface area (Å²) in [6.45, 7) is 2.43. The second-order valence-corrected chi connectivity index (χ2v) is 4.63. The number of Topliss-reactive ketones (excluding diaryl/α,β-unsaturated/α-hetero) is 1. The van der Waals surface area contributed by atoms with E-state index < -0.39 is 28.5 Å². The number of carbonyl (C=O) groups is 2. The molecule has 7 nitrogen and oxygen atoms in total. The Bertz CT molecular complexity index is 521. The van der Waals surface area contributed by atoms with Gasteiger partial charge in [-0.15, -0.1) is 0 Å². The zero-order chi connectivity index (χ0) is 14.7. The summed E-state index contributed by atoms with van der Waals surface area (Å²) in [7, 11) is 0. The van der Waals surface area contributed by atoms with Crippen LogP contribution in [0.15, 0.2) is 16.6 Å². The van der Waals surface area contributed by atoms with Crippen molar-refractivity contribution in [1.82, 2.24) is 0 Å². The molecule has 0 saturated carbocycles. The summed E-state index contributed by atoms with van der Waals surface area (Å²) in [5.41, 5.74) is -0.512. The van der Waals surface area contributed by atoms with E-state index in [0.29, 0.717) is 4.47 Å². The van der Waals surface area contributed by atoms with Crippen LogP contribution in [-0.4, -0.2) is 27.9 Å². The van der Waals surface area contributed by atoms with Crippen LogP contribution in [-0.2, 0) is 4.79 Å². The second kappa shape index (κ2) is 5.79. The predicted octanol–water partition coefficient (Wildman–Crippen LogP) is 2.41. The van der Waals surface area contributed by atoms with E-state index in [0.717, 1.165) is 6.07 Å². The van der Waals surface area contributed by atoms with Gasteiger partial charge >= 0.3 is 11.7 Å². The number of carboxylic acid groups (broad SMARTS) is 1. The first-order valence-corrected chi connectivity index (χ1v) is 5.91. The van der Waals surface area contributed by atoms with Crippen LogP contribution < -0.4 is 4.74 Å². The number of carbonyl (C=O) groups excluding carboxylic acids is 1. The molecule has 0 aromatic heterocycles. The SMILES string of the molecule is CC(=O)c1cc(Br)cc([N+](=O)[O-])c1OC(C)C(=O)O. The van der Waals surface area contributed by atoms with Crippen LogP contribution in [0.4, 0.5) is 5.69 Å². The fourth-order valence-corrected chi connectivity index (χ4v) is 1.77. The minimum absolute atomic E-state index is 0.0471. The predicted molar refractivity (Wildman–Crippen MR) is 68.5 cm³/mol. The van der Waals surface area contributed by atoms with Gasteiger partial charge in [-0.2, -0.15) is 0 Å². The molecule has 8 heteroatoms. The largest absolute Gasteiger partial charge is 0.479 e. The lowest BCUT2D eigenvalue weighted by atomic mass is 10.1. The molecule has 0 amide bonds. The summed E-state index contributed by atoms with van der Waals surface area (Å²) < 4.78 is 5.37. The molecule has 1 N–H and O–H groups in total. The van der Waals surface area contributed by atoms with Crippen LogP contribution in [0.25, 0.3) is 0 Å². The van der Waals surface area contributed by atoms with Gasteiger partial charge in [0.15, 0.2) is 11.9 Å². The highest BCUT2D eigenvalue weighted by molar-refractivity contribution is 9.10. The first-order valence-electron chi connectivity index (χ1n) is 5.12. The number of ether oxygens (including phenoxy) is 1. The number of hydrogen-bond acceptors (Lipinski definition) is 5. The van der Waals surface area contributed by atoms with Gasteiger partial charge in [0.25, 0.3) is 0 Å². The van der Waals surface area contributed by atoms with E-state index in [1.807, 2.05) is 0 Å². The minimum atomic E-state index is -1.31. The number of ketones is 1. The molecule has 0 radical (unpaired) electrons. The summed E-state index contributed by atoms with van der Waals surface area (Å²) in [6, 6.07) is 2.50. The first kappa shape index (κ1) is 15.1. The highest BCUT2D eigenvalue weighted by Gasteiger charge is 2.26. The van der Waals surface area contributed by atoms with Crippen molar-refractivity contribution >= 4 is 33.4 Å². The molecular formula is C11H10BrNO6. The smallest absolute Gasteiger partial charge is 0.344 e. The molecule has 0 fully saturated rings. The third kappa shape index (κ3) is 3.50. The van der Waals surface area contributed by atoms with Gasteiger partial charge in [0.2, 0.25) is 5.75 Å². The molecule has 1 unspecified atom stereocenters. The van der Waals surface area contributed by atoms with Crippen LogP contribution in [0, 0.1) is 10.1 Å². The molecule has 19 heavy (non-hydrogen) atoms. The topological polar surface area (TPSA) is 107 Å². The van der Waals surface area contributed by atoms with Crippen molar-refractivity contribution in [3.05, 3.63) is 32.3 Å². The average Bonchev–Trinajstić information content (AvgIpc) is 2.29. The molecule has 0 spiro atoms. The summed E-state index contributed by atoms with van der Waals surface area (Å²) >= 11 is 3.05. The van der Waals surface area contributed by atoms with Crippen LogP contribution in [0.1, 0.15) is 24.2 Å². The second-order valence-electron chi connectivity index (χ2n) is 3.71. The van der Waals surface area contributed by atoms with Crippen molar-refractivity contribution in [3.63, 3.8) is 0 Å². The van der Waals surface area contributed by atoms with Crippen LogP contribution >= 0.6 is 15.9 Å². The van der Waals surface area contributed by atoms with Gasteiger partial charge in [-0.25, -0.2) is 4.79 Å². The Hall–Kier alpha value is -1.96. The Labute approximate surface area is 116 Å². The first-order chi connectivity index (χ1) is 8.73. The summed E-state index contributed by atoms with van der Waals surface area (Å²) in [5, 5.41) is 19.7. The van der Waals surface area contributed by atoms with Gasteiger partial charge in [-0.1, -0.05) is 15.9 Å². The van der Waals surface area contributed by atoms with E-state index in [1.165, 1.54) is 19.9 Å². The zero-order valence-corrected chi connectivity index (χ0v) is 11.6. The normalized spacial score (nSPS) is 11.7. The van der Waals surface area contributed by atoms with E-state index in [4.69, 9.17) is 9.84 Å². The van der Waals surface area contributed by atoms with Crippen molar-refractivity contribution in [2.45, 2.75) is 20.0 Å². The Kier molecular flexibility index (Phi) is 4.60. The molecule has 102 valence electrons. The van der Waals surface area contributed by atoms with Crippen molar-refractivity contribution in [3.8, 4) is 5.75 Å². The molecule has 1 rings (SSSR count). The van der Waals surface area contributed by atoms with Gasteiger partial charge in [0, 0.05) is 10.5 Å². The number of hydrogen-bond donors (Lipinski definition) is 1. The molecule has 1 aromatic rings. The number of rotatable bonds is 5. The van der Waals surface area contributed by atoms with Gasteiger partial charge in [0.1, 0.15) is 0 Å². The maximum absolute atomic E-state index is 11.5. The molecule has 0 aliphatic rings. The Morgan fingerprint density at radius 3 is 2.47 bits per heavy atom. The zero-order valence-electron chi connectivity index (χ0n) is 10.0. The molecule has 0 aliphatic heterocycles. The average molecular weight is 332 g/mol. The van der Waals surface area contributed by atoms with E-state index in [2.05, 4.69) is 15.9 Å². The van der Waals surface area contributed by atoms with Crippen LogP contribution in [0.3, 0.4) is 0 Å². The lowest BCUT2D eigenvalue weighted by Crippen LogP contribution is -2.24. The van der Waals surface area contributed by atoms with Gasteiger partial charge in [-0.3, -0.25) is 14.9 Å². The van der Waals surface area contributed by atoms with E-state index in [9.17, 15) is 19.7 Å². The van der Waals surface area contributed by atoms with Crippen LogP contribution in [0.2, 0.25) is 0 Å². The number of benzene rings is 1. The highest BCUT2D eigenvalue weighted by atomic mass is 79.9. The standard InChI is InChI=1S/C11H10BrNO6/c1-5(14)8-3-7(12)4-9(13(17)18)10(8)19-6(2)11(15)16/h3-4,6H,1-2H3,(H,15,16). The number of nitro groups is 1. The third-order valence-electron chi connectivity index (χ3n) is 2.25. The van der Waals surface area contributed by atoms with Crippen LogP contribution in [0.5, 0.6) is 5.75 Å². The van der Waals surface area contributed by atoms with Crippen molar-refractivity contribution in [2.75, 3.05) is 0 Å². The lowest BCUT2D eigenvalue weighted by Gasteiger charge is -2.13. The molecular weight excluding hydrogens is 322 g/mol. The van der Waals surface area contributed by atoms with Crippen molar-refractivity contribution < 1.29 is 24.4 Å². The maximum Gasteiger partial charge on any atom is 0.344 e. The van der Waals surface area contributed by atoms with Gasteiger partial charge in [-0.05, 0) is 19.9 Å². The monoisotopic (exact) mass is 331 g/mol. The summed E-state index contributed by atoms with van der Waals surface area (Å²) in [4.78, 5) is 32.4. The number of aliphatic carboxylic acids is 1. The molecule has 1 aromatic carbocycles. The van der Waals surface area contributed by atoms with Gasteiger partial charge in [0.05, 0.1) is 10.5 Å². The third-order valence-corrected chi connectivity index (χ3v) is 2.71. The Balaban J connectivity index is 3.43. The number of nitrogens with zero attached hydrogens (tertiary/aromatic N) is 1. The van der Waals surface area contributed by atoms with E-state index in [1.54, 1.807) is 0 Å². The number of halogens is 1. The fraction of sp³-hybridized carbons (Fsp3) is 0.273. The maximum atomic E-state index is 11.5. The Morgan fingerprint density at radius 2 is 2.05 bits per heavy atom. The lowest BCUT2D eigenvalue weighted by molar-refractivity contribution is -0.386. The quantitative estimate of drug-likeness (QED) is 0.504. The van der Waals surface area contributed by atoms with E-state index >= 15 is 0 Å². The fourth-order valence-electron chi connectivity index (χ4n) is 1.33. The molecule has 0 heterocycles. The number of nitro benzene ring substituents is 1. The van der Waals surface area contributed by atoms with Gasteiger partial charge < -0.3 is 9.84 Å². The van der Waals surface area contributed by atoms with Crippen molar-refractivity contribution in [2.24, 2.45) is 0 Å². The molecule has 0 aliphatic carbocycles. The summed E-state index contributed by atoms with van der Waals surface area (Å²) in [5.74, 6) is -2.08. The number of carboxylic acids is 1. The minimum Gasteiger partial charge on any atom is -0.479 e. The summed E-state index contributed by atoms with van der Waals surface area (Å²) in [6.07, 6.45) is -1.31. The molecule has 0 saturated heterocycles. The van der Waals surface area contributed by atoms with Crippen molar-refractivity contribution in [1.29, 1.82) is 0 Å². The molecule has 1 atom stereocenters. The molecule has 0 bridgehead atoms. The highest BCUT2D eigenvalue weighted by Crippen LogP contribution is 2.35. The van der Waals surface area contributed by atoms with E-state index in [-0.39, 0.29) is 11.3 Å². The Morgan fingerprint density at radius 1 is 1.47 bits per heavy atom.